The van der Waals surface area contributed by atoms with Gasteiger partial charge >= 0.3 is 0 Å². The molecule has 2 heteroatoms. The number of benzene rings is 3. The normalized spacial score (nSPS) is 17.0. The molecule has 1 aliphatic rings. The number of hydrogen-bond acceptors (Lipinski definition) is 2. The van der Waals surface area contributed by atoms with E-state index in [2.05, 4.69) is 98.2 Å². The fourth-order valence-electron chi connectivity index (χ4n) is 4.08. The minimum Gasteiger partial charge on any atom is -0.347 e. The van der Waals surface area contributed by atoms with Gasteiger partial charge in [-0.2, -0.15) is 0 Å². The first-order valence-corrected chi connectivity index (χ1v) is 8.74. The van der Waals surface area contributed by atoms with Crippen LogP contribution in [0.2, 0.25) is 0 Å². The van der Waals surface area contributed by atoms with Crippen molar-refractivity contribution in [2.75, 3.05) is 9.80 Å². The summed E-state index contributed by atoms with van der Waals surface area (Å²) in [4.78, 5) is 5.03. The molecule has 1 heterocycles. The standard InChI is InChI=1S/C22H24N2/c1-15(2)23-17(4)24(20-12-8-5-9-16(20)3)22-19-11-7-6-10-18(19)13-14-21(22)23/h5-15,17H,1-4H3/t17-/m0/s1. The quantitative estimate of drug-likeness (QED) is 0.584. The van der Waals surface area contributed by atoms with Crippen molar-refractivity contribution in [1.82, 2.24) is 0 Å². The molecule has 122 valence electrons. The van der Waals surface area contributed by atoms with Crippen LogP contribution in [0.25, 0.3) is 10.8 Å². The fourth-order valence-corrected chi connectivity index (χ4v) is 4.08. The average molecular weight is 316 g/mol. The zero-order valence-electron chi connectivity index (χ0n) is 14.8. The van der Waals surface area contributed by atoms with Crippen molar-refractivity contribution in [3.63, 3.8) is 0 Å². The van der Waals surface area contributed by atoms with E-state index in [0.29, 0.717) is 12.2 Å². The number of hydrogen-bond donors (Lipinski definition) is 0. The molecule has 3 aromatic carbocycles. The summed E-state index contributed by atoms with van der Waals surface area (Å²) in [5.74, 6) is 0. The van der Waals surface area contributed by atoms with Crippen molar-refractivity contribution in [3.05, 3.63) is 66.2 Å². The first kappa shape index (κ1) is 15.1. The molecule has 1 atom stereocenters. The summed E-state index contributed by atoms with van der Waals surface area (Å²) >= 11 is 0. The topological polar surface area (TPSA) is 6.48 Å². The number of rotatable bonds is 2. The Kier molecular flexibility index (Phi) is 3.49. The molecule has 3 aromatic rings. The Labute approximate surface area is 144 Å². The van der Waals surface area contributed by atoms with Crippen molar-refractivity contribution >= 4 is 27.8 Å². The fraction of sp³-hybridized carbons (Fsp3) is 0.273. The van der Waals surface area contributed by atoms with Gasteiger partial charge in [0.1, 0.15) is 6.17 Å². The van der Waals surface area contributed by atoms with Gasteiger partial charge < -0.3 is 9.80 Å². The van der Waals surface area contributed by atoms with Gasteiger partial charge in [-0.3, -0.25) is 0 Å². The lowest BCUT2D eigenvalue weighted by Gasteiger charge is -2.33. The van der Waals surface area contributed by atoms with Crippen LogP contribution in [-0.4, -0.2) is 12.2 Å². The molecule has 0 bridgehead atoms. The summed E-state index contributed by atoms with van der Waals surface area (Å²) in [6.45, 7) is 9.06. The highest BCUT2D eigenvalue weighted by Crippen LogP contribution is 2.49. The highest BCUT2D eigenvalue weighted by molar-refractivity contribution is 6.05. The van der Waals surface area contributed by atoms with Crippen LogP contribution < -0.4 is 9.80 Å². The molecule has 0 aromatic heterocycles. The van der Waals surface area contributed by atoms with E-state index < -0.39 is 0 Å². The summed E-state index contributed by atoms with van der Waals surface area (Å²) in [6, 6.07) is 22.4. The van der Waals surface area contributed by atoms with E-state index in [4.69, 9.17) is 0 Å². The van der Waals surface area contributed by atoms with Crippen LogP contribution in [0.15, 0.2) is 60.7 Å². The van der Waals surface area contributed by atoms with E-state index >= 15 is 0 Å². The van der Waals surface area contributed by atoms with E-state index in [0.717, 1.165) is 0 Å². The largest absolute Gasteiger partial charge is 0.347 e. The van der Waals surface area contributed by atoms with Crippen LogP contribution in [0.4, 0.5) is 17.1 Å². The third kappa shape index (κ3) is 2.10. The van der Waals surface area contributed by atoms with Crippen molar-refractivity contribution in [2.24, 2.45) is 0 Å². The second-order valence-electron chi connectivity index (χ2n) is 6.94. The predicted molar refractivity (Wildman–Crippen MR) is 104 cm³/mol. The van der Waals surface area contributed by atoms with Crippen LogP contribution in [0.1, 0.15) is 26.3 Å². The maximum atomic E-state index is 2.52. The molecule has 4 rings (SSSR count). The number of fused-ring (bicyclic) bond motifs is 3. The van der Waals surface area contributed by atoms with Crippen molar-refractivity contribution in [3.8, 4) is 0 Å². The van der Waals surface area contributed by atoms with Gasteiger partial charge in [-0.15, -0.1) is 0 Å². The molecule has 0 spiro atoms. The molecule has 0 amide bonds. The maximum Gasteiger partial charge on any atom is 0.104 e. The van der Waals surface area contributed by atoms with Crippen molar-refractivity contribution in [1.29, 1.82) is 0 Å². The van der Waals surface area contributed by atoms with Crippen LogP contribution in [0.3, 0.4) is 0 Å². The Morgan fingerprint density at radius 1 is 0.833 bits per heavy atom. The molecule has 0 radical (unpaired) electrons. The minimum atomic E-state index is 0.298. The van der Waals surface area contributed by atoms with Gasteiger partial charge in [0, 0.05) is 17.1 Å². The smallest absolute Gasteiger partial charge is 0.104 e. The van der Waals surface area contributed by atoms with Gasteiger partial charge in [0.15, 0.2) is 0 Å². The first-order valence-electron chi connectivity index (χ1n) is 8.74. The lowest BCUT2D eigenvalue weighted by atomic mass is 10.1. The summed E-state index contributed by atoms with van der Waals surface area (Å²) in [5, 5.41) is 2.63. The highest BCUT2D eigenvalue weighted by Gasteiger charge is 2.36. The number of para-hydroxylation sites is 1. The second-order valence-corrected chi connectivity index (χ2v) is 6.94. The molecule has 0 fully saturated rings. The zero-order chi connectivity index (χ0) is 16.8. The lowest BCUT2D eigenvalue weighted by molar-refractivity contribution is 0.606. The minimum absolute atomic E-state index is 0.298. The summed E-state index contributed by atoms with van der Waals surface area (Å²) < 4.78 is 0. The Morgan fingerprint density at radius 3 is 2.29 bits per heavy atom. The molecular formula is C22H24N2. The summed E-state index contributed by atoms with van der Waals surface area (Å²) in [6.07, 6.45) is 0.298. The third-order valence-electron chi connectivity index (χ3n) is 5.11. The van der Waals surface area contributed by atoms with Gasteiger partial charge in [0.2, 0.25) is 0 Å². The molecule has 2 nitrogen and oxygen atoms in total. The first-order chi connectivity index (χ1) is 11.6. The Morgan fingerprint density at radius 2 is 1.54 bits per heavy atom. The highest BCUT2D eigenvalue weighted by atomic mass is 15.4. The molecule has 1 aliphatic heterocycles. The molecule has 0 aliphatic carbocycles. The third-order valence-corrected chi connectivity index (χ3v) is 5.11. The van der Waals surface area contributed by atoms with Gasteiger partial charge in [0.25, 0.3) is 0 Å². The van der Waals surface area contributed by atoms with E-state index in [1.165, 1.54) is 33.4 Å². The Bertz CT molecular complexity index is 897. The van der Waals surface area contributed by atoms with E-state index in [1.54, 1.807) is 0 Å². The zero-order valence-corrected chi connectivity index (χ0v) is 14.8. The van der Waals surface area contributed by atoms with E-state index in [1.807, 2.05) is 0 Å². The van der Waals surface area contributed by atoms with Crippen LogP contribution in [-0.2, 0) is 0 Å². The van der Waals surface area contributed by atoms with Gasteiger partial charge in [-0.1, -0.05) is 48.5 Å². The lowest BCUT2D eigenvalue weighted by Crippen LogP contribution is -2.42. The molecule has 24 heavy (non-hydrogen) atoms. The van der Waals surface area contributed by atoms with Crippen LogP contribution in [0, 0.1) is 6.92 Å². The Balaban J connectivity index is 2.04. The second kappa shape index (κ2) is 5.55. The average Bonchev–Trinajstić information content (AvgIpc) is 2.88. The van der Waals surface area contributed by atoms with Crippen LogP contribution >= 0.6 is 0 Å². The molecular weight excluding hydrogens is 292 g/mol. The molecule has 0 saturated carbocycles. The van der Waals surface area contributed by atoms with Gasteiger partial charge in [-0.05, 0) is 50.8 Å². The maximum absolute atomic E-state index is 2.52. The summed E-state index contributed by atoms with van der Waals surface area (Å²) in [5.41, 5.74) is 5.28. The van der Waals surface area contributed by atoms with Crippen molar-refractivity contribution in [2.45, 2.75) is 39.9 Å². The number of aryl methyl sites for hydroxylation is 1. The van der Waals surface area contributed by atoms with Crippen LogP contribution in [0.5, 0.6) is 0 Å². The predicted octanol–water partition coefficient (Wildman–Crippen LogP) is 5.86. The van der Waals surface area contributed by atoms with Gasteiger partial charge in [-0.25, -0.2) is 0 Å². The Hall–Kier alpha value is -2.48. The monoisotopic (exact) mass is 316 g/mol. The molecule has 0 unspecified atom stereocenters. The SMILES string of the molecule is Cc1ccccc1N1c2c(ccc3ccccc23)N(C(C)C)[C@@H]1C. The molecule has 0 N–H and O–H groups in total. The number of anilines is 3. The number of nitrogens with zero attached hydrogens (tertiary/aromatic N) is 2. The van der Waals surface area contributed by atoms with Crippen molar-refractivity contribution < 1.29 is 0 Å². The molecule has 0 saturated heterocycles. The summed E-state index contributed by atoms with van der Waals surface area (Å²) in [7, 11) is 0. The van der Waals surface area contributed by atoms with E-state index in [9.17, 15) is 0 Å². The van der Waals surface area contributed by atoms with E-state index in [-0.39, 0.29) is 0 Å². The van der Waals surface area contributed by atoms with Gasteiger partial charge in [0.05, 0.1) is 11.4 Å².